The van der Waals surface area contributed by atoms with E-state index in [0.29, 0.717) is 0 Å². The van der Waals surface area contributed by atoms with Gasteiger partial charge in [-0.15, -0.1) is 0 Å². The molecule has 1 amide bonds. The maximum atomic E-state index is 11.1. The second-order valence-electron chi connectivity index (χ2n) is 4.12. The zero-order valence-electron chi connectivity index (χ0n) is 10.2. The minimum atomic E-state index is -0.290. The molecule has 2 rings (SSSR count). The summed E-state index contributed by atoms with van der Waals surface area (Å²) in [5, 5.41) is 2.68. The molecule has 2 aromatic rings. The summed E-state index contributed by atoms with van der Waals surface area (Å²) in [7, 11) is 0. The molecule has 1 radical (unpaired) electrons. The normalized spacial score (nSPS) is 10.1. The minimum Gasteiger partial charge on any atom is -0.325 e. The number of benzene rings is 2. The summed E-state index contributed by atoms with van der Waals surface area (Å²) in [5.74, 6) is -0.290. The molecule has 2 N–H and O–H groups in total. The van der Waals surface area contributed by atoms with Gasteiger partial charge in [0.15, 0.2) is 0 Å². The third-order valence-electron chi connectivity index (χ3n) is 2.76. The third-order valence-corrected chi connectivity index (χ3v) is 2.76. The number of carbonyl (C=O) groups excluding carboxylic acids is 1. The fourth-order valence-electron chi connectivity index (χ4n) is 1.89. The first-order chi connectivity index (χ1) is 8.70. The van der Waals surface area contributed by atoms with E-state index in [2.05, 4.69) is 17.4 Å². The Bertz CT molecular complexity index is 550. The van der Waals surface area contributed by atoms with Crippen molar-refractivity contribution in [3.8, 4) is 11.1 Å². The van der Waals surface area contributed by atoms with E-state index >= 15 is 0 Å². The van der Waals surface area contributed by atoms with Crippen molar-refractivity contribution in [3.05, 3.63) is 54.1 Å². The predicted molar refractivity (Wildman–Crippen MR) is 73.2 cm³/mol. The SMILES string of the molecule is Cc1cc(NC(=O)C[NH])ccc1-c1ccccc1. The molecule has 0 bridgehead atoms. The van der Waals surface area contributed by atoms with Gasteiger partial charge in [-0.1, -0.05) is 36.4 Å². The number of aryl methyl sites for hydroxylation is 1. The Morgan fingerprint density at radius 2 is 1.89 bits per heavy atom. The van der Waals surface area contributed by atoms with Crippen molar-refractivity contribution in [3.63, 3.8) is 0 Å². The third kappa shape index (κ3) is 2.76. The molecule has 0 unspecified atom stereocenters. The lowest BCUT2D eigenvalue weighted by Crippen LogP contribution is -2.16. The van der Waals surface area contributed by atoms with Crippen LogP contribution in [-0.4, -0.2) is 12.5 Å². The zero-order chi connectivity index (χ0) is 13.0. The summed E-state index contributed by atoms with van der Waals surface area (Å²) in [6.07, 6.45) is 0. The van der Waals surface area contributed by atoms with E-state index in [1.165, 1.54) is 0 Å². The van der Waals surface area contributed by atoms with E-state index in [-0.39, 0.29) is 12.5 Å². The second-order valence-corrected chi connectivity index (χ2v) is 4.12. The van der Waals surface area contributed by atoms with Gasteiger partial charge in [0, 0.05) is 5.69 Å². The lowest BCUT2D eigenvalue weighted by molar-refractivity contribution is -0.115. The van der Waals surface area contributed by atoms with Crippen molar-refractivity contribution >= 4 is 11.6 Å². The Morgan fingerprint density at radius 1 is 1.17 bits per heavy atom. The maximum Gasteiger partial charge on any atom is 0.239 e. The molecule has 18 heavy (non-hydrogen) atoms. The van der Waals surface area contributed by atoms with Crippen LogP contribution in [0.2, 0.25) is 0 Å². The highest BCUT2D eigenvalue weighted by Crippen LogP contribution is 2.25. The van der Waals surface area contributed by atoms with Gasteiger partial charge in [-0.2, -0.15) is 0 Å². The number of rotatable bonds is 3. The number of anilines is 1. The monoisotopic (exact) mass is 239 g/mol. The van der Waals surface area contributed by atoms with Gasteiger partial charge in [0.2, 0.25) is 5.91 Å². The van der Waals surface area contributed by atoms with Crippen LogP contribution in [0.15, 0.2) is 48.5 Å². The Morgan fingerprint density at radius 3 is 2.50 bits per heavy atom. The standard InChI is InChI=1S/C15H15N2O/c1-11-9-13(17-15(18)10-16)7-8-14(11)12-5-3-2-4-6-12/h2-9,16H,10H2,1H3,(H,17,18). The largest absolute Gasteiger partial charge is 0.325 e. The first-order valence-corrected chi connectivity index (χ1v) is 5.81. The molecule has 2 aromatic carbocycles. The smallest absolute Gasteiger partial charge is 0.239 e. The van der Waals surface area contributed by atoms with Crippen LogP contribution < -0.4 is 11.1 Å². The van der Waals surface area contributed by atoms with Crippen LogP contribution in [0.4, 0.5) is 5.69 Å². The molecule has 3 heteroatoms. The fraction of sp³-hybridized carbons (Fsp3) is 0.133. The zero-order valence-corrected chi connectivity index (χ0v) is 10.2. The maximum absolute atomic E-state index is 11.1. The predicted octanol–water partition coefficient (Wildman–Crippen LogP) is 2.88. The van der Waals surface area contributed by atoms with Crippen molar-refractivity contribution in [1.29, 1.82) is 0 Å². The molecule has 0 atom stereocenters. The summed E-state index contributed by atoms with van der Waals surface area (Å²) in [6.45, 7) is 1.76. The Balaban J connectivity index is 2.28. The average molecular weight is 239 g/mol. The van der Waals surface area contributed by atoms with Crippen LogP contribution in [0.5, 0.6) is 0 Å². The van der Waals surface area contributed by atoms with Gasteiger partial charge in [-0.25, -0.2) is 5.73 Å². The summed E-state index contributed by atoms with van der Waals surface area (Å²) >= 11 is 0. The lowest BCUT2D eigenvalue weighted by atomic mass is 10.0. The van der Waals surface area contributed by atoms with Gasteiger partial charge in [0.1, 0.15) is 0 Å². The molecule has 3 nitrogen and oxygen atoms in total. The molecule has 0 heterocycles. The molecule has 0 spiro atoms. The van der Waals surface area contributed by atoms with Gasteiger partial charge in [0.25, 0.3) is 0 Å². The number of hydrogen-bond donors (Lipinski definition) is 1. The van der Waals surface area contributed by atoms with Crippen LogP contribution >= 0.6 is 0 Å². The van der Waals surface area contributed by atoms with E-state index in [1.807, 2.05) is 43.3 Å². The summed E-state index contributed by atoms with van der Waals surface area (Å²) in [6, 6.07) is 15.9. The second kappa shape index (κ2) is 5.47. The van der Waals surface area contributed by atoms with E-state index in [0.717, 1.165) is 22.4 Å². The van der Waals surface area contributed by atoms with E-state index in [4.69, 9.17) is 5.73 Å². The molecular formula is C15H15N2O. The molecule has 0 aliphatic heterocycles. The molecule has 0 saturated heterocycles. The topological polar surface area (TPSA) is 52.9 Å². The number of amides is 1. The fourth-order valence-corrected chi connectivity index (χ4v) is 1.89. The van der Waals surface area contributed by atoms with Crippen LogP contribution in [0.25, 0.3) is 11.1 Å². The van der Waals surface area contributed by atoms with Crippen molar-refractivity contribution in [1.82, 2.24) is 5.73 Å². The molecule has 0 aliphatic rings. The van der Waals surface area contributed by atoms with E-state index in [1.54, 1.807) is 0 Å². The molecule has 0 saturated carbocycles. The Labute approximate surface area is 107 Å². The first kappa shape index (κ1) is 12.3. The number of nitrogens with one attached hydrogen (secondary N) is 2. The molecule has 0 aromatic heterocycles. The minimum absolute atomic E-state index is 0.251. The number of carbonyl (C=O) groups is 1. The van der Waals surface area contributed by atoms with E-state index in [9.17, 15) is 4.79 Å². The highest BCUT2D eigenvalue weighted by molar-refractivity contribution is 5.92. The van der Waals surface area contributed by atoms with Crippen LogP contribution in [0.3, 0.4) is 0 Å². The molecule has 0 fully saturated rings. The quantitative estimate of drug-likeness (QED) is 0.879. The Kier molecular flexibility index (Phi) is 3.75. The summed E-state index contributed by atoms with van der Waals surface area (Å²) in [5.41, 5.74) is 11.1. The van der Waals surface area contributed by atoms with Gasteiger partial charge in [-0.05, 0) is 35.7 Å². The van der Waals surface area contributed by atoms with Gasteiger partial charge in [0.05, 0.1) is 6.54 Å². The summed E-state index contributed by atoms with van der Waals surface area (Å²) in [4.78, 5) is 11.1. The number of hydrogen-bond acceptors (Lipinski definition) is 1. The van der Waals surface area contributed by atoms with Crippen molar-refractivity contribution < 1.29 is 4.79 Å². The van der Waals surface area contributed by atoms with Crippen molar-refractivity contribution in [2.75, 3.05) is 11.9 Å². The van der Waals surface area contributed by atoms with Crippen LogP contribution in [-0.2, 0) is 4.79 Å². The van der Waals surface area contributed by atoms with Crippen molar-refractivity contribution in [2.24, 2.45) is 0 Å². The van der Waals surface area contributed by atoms with Gasteiger partial charge < -0.3 is 5.32 Å². The highest BCUT2D eigenvalue weighted by atomic mass is 16.1. The van der Waals surface area contributed by atoms with Crippen LogP contribution in [0.1, 0.15) is 5.56 Å². The lowest BCUT2D eigenvalue weighted by Gasteiger charge is -2.09. The highest BCUT2D eigenvalue weighted by Gasteiger charge is 2.04. The van der Waals surface area contributed by atoms with Crippen LogP contribution in [0, 0.1) is 6.92 Å². The average Bonchev–Trinajstić information content (AvgIpc) is 2.40. The van der Waals surface area contributed by atoms with Crippen molar-refractivity contribution in [2.45, 2.75) is 6.92 Å². The summed E-state index contributed by atoms with van der Waals surface area (Å²) < 4.78 is 0. The van der Waals surface area contributed by atoms with Gasteiger partial charge >= 0.3 is 0 Å². The van der Waals surface area contributed by atoms with E-state index < -0.39 is 0 Å². The first-order valence-electron chi connectivity index (χ1n) is 5.81. The van der Waals surface area contributed by atoms with Gasteiger partial charge in [-0.3, -0.25) is 4.79 Å². The Hall–Kier alpha value is -2.13. The molecule has 0 aliphatic carbocycles. The molecule has 91 valence electrons. The molecular weight excluding hydrogens is 224 g/mol.